The summed E-state index contributed by atoms with van der Waals surface area (Å²) in [6.45, 7) is 28.1. The van der Waals surface area contributed by atoms with Crippen molar-refractivity contribution in [3.8, 4) is 28.3 Å². The lowest BCUT2D eigenvalue weighted by molar-refractivity contribution is 0.0447. The van der Waals surface area contributed by atoms with Gasteiger partial charge in [0.1, 0.15) is 36.8 Å². The van der Waals surface area contributed by atoms with E-state index in [1.54, 1.807) is 24.0 Å². The van der Waals surface area contributed by atoms with Crippen molar-refractivity contribution in [1.82, 2.24) is 9.97 Å². The van der Waals surface area contributed by atoms with Crippen LogP contribution in [0.3, 0.4) is 0 Å². The molecule has 55 heavy (non-hydrogen) atoms. The molecule has 1 unspecified atom stereocenters. The summed E-state index contributed by atoms with van der Waals surface area (Å²) in [6.07, 6.45) is -0.0683. The molecule has 1 aromatic heterocycles. The average Bonchev–Trinajstić information content (AvgIpc) is 3.07. The van der Waals surface area contributed by atoms with E-state index >= 15 is 17.6 Å². The van der Waals surface area contributed by atoms with Crippen molar-refractivity contribution in [3.63, 3.8) is 0 Å². The van der Waals surface area contributed by atoms with Gasteiger partial charge in [0.2, 0.25) is 0 Å². The highest BCUT2D eigenvalue weighted by Gasteiger charge is 2.47. The van der Waals surface area contributed by atoms with Gasteiger partial charge in [0, 0.05) is 29.4 Å². The van der Waals surface area contributed by atoms with E-state index in [1.807, 2.05) is 6.07 Å². The van der Waals surface area contributed by atoms with Crippen LogP contribution >= 0.6 is 0 Å². The Morgan fingerprint density at radius 3 is 1.95 bits per heavy atom. The Balaban J connectivity index is 1.91. The van der Waals surface area contributed by atoms with Gasteiger partial charge in [0.05, 0.1) is 16.7 Å². The molecule has 2 heterocycles. The third-order valence-corrected chi connectivity index (χ3v) is 24.7. The molecule has 0 spiro atoms. The lowest BCUT2D eigenvalue weighted by Crippen LogP contribution is -2.50. The minimum atomic E-state index is -2.58. The zero-order chi connectivity index (χ0) is 40.9. The van der Waals surface area contributed by atoms with Crippen LogP contribution in [0.4, 0.5) is 23.4 Å². The number of rotatable bonds is 10. The summed E-state index contributed by atoms with van der Waals surface area (Å²) in [5, 5.41) is 11.6. The molecule has 5 nitrogen and oxygen atoms in total. The fourth-order valence-corrected chi connectivity index (χ4v) is 20.4. The summed E-state index contributed by atoms with van der Waals surface area (Å²) < 4.78 is 72.9. The number of anilines is 1. The zero-order valence-electron chi connectivity index (χ0n) is 34.9. The molecular formula is C44H59F4N3O2Si2. The van der Waals surface area contributed by atoms with E-state index in [9.17, 15) is 5.11 Å². The first-order valence-electron chi connectivity index (χ1n) is 19.9. The maximum absolute atomic E-state index is 17.3. The lowest BCUT2D eigenvalue weighted by atomic mass is 9.92. The molecule has 1 fully saturated rings. The molecule has 11 heteroatoms. The van der Waals surface area contributed by atoms with Gasteiger partial charge in [-0.25, -0.2) is 13.2 Å². The van der Waals surface area contributed by atoms with Gasteiger partial charge in [-0.15, -0.1) is 5.54 Å². The molecule has 0 bridgehead atoms. The van der Waals surface area contributed by atoms with Crippen LogP contribution in [-0.2, 0) is 0 Å². The zero-order valence-corrected chi connectivity index (χ0v) is 36.9. The topological polar surface area (TPSA) is 58.5 Å². The van der Waals surface area contributed by atoms with Gasteiger partial charge in [-0.1, -0.05) is 95.1 Å². The van der Waals surface area contributed by atoms with Crippen LogP contribution in [0.25, 0.3) is 32.8 Å². The molecule has 5 rings (SSSR count). The summed E-state index contributed by atoms with van der Waals surface area (Å²) in [7, 11) is -4.95. The molecule has 1 N–H and O–H groups in total. The molecule has 3 aromatic carbocycles. The van der Waals surface area contributed by atoms with Crippen LogP contribution in [0, 0.1) is 35.0 Å². The van der Waals surface area contributed by atoms with Gasteiger partial charge in [-0.3, -0.25) is 0 Å². The van der Waals surface area contributed by atoms with Crippen molar-refractivity contribution in [3.05, 3.63) is 59.4 Å². The number of β-amino-alcohol motifs (C(OH)–C–C–N with tert-alkyl or cyclic N) is 1. The van der Waals surface area contributed by atoms with Gasteiger partial charge >= 0.3 is 6.08 Å². The number of hydrogen-bond donors (Lipinski definition) is 1. The summed E-state index contributed by atoms with van der Waals surface area (Å²) in [4.78, 5) is 9.48. The minimum Gasteiger partial charge on any atom is -0.543 e. The first-order chi connectivity index (χ1) is 25.6. The van der Waals surface area contributed by atoms with E-state index in [4.69, 9.17) is 4.43 Å². The fraction of sp³-hybridized carbons (Fsp3) is 0.545. The molecule has 1 saturated heterocycles. The van der Waals surface area contributed by atoms with Gasteiger partial charge in [-0.05, 0) is 82.7 Å². The molecule has 298 valence electrons. The highest BCUT2D eigenvalue weighted by atomic mass is 28.4. The number of piperidine rings is 1. The molecule has 0 radical (unpaired) electrons. The highest BCUT2D eigenvalue weighted by molar-refractivity contribution is 6.90. The molecule has 4 aromatic rings. The quantitative estimate of drug-likeness (QED) is 0.0750. The van der Waals surface area contributed by atoms with E-state index in [0.717, 1.165) is 6.07 Å². The number of halogens is 4. The Morgan fingerprint density at radius 2 is 1.40 bits per heavy atom. The number of aromatic nitrogens is 2. The molecule has 1 atom stereocenters. The summed E-state index contributed by atoms with van der Waals surface area (Å²) in [6, 6.07) is 7.52. The Bertz CT molecular complexity index is 2100. The SMILES string of the molecule is CC(C)[Si](C#Cc1c(F)ccc2cc(O[Si](C(C)C)(C(C)C)C(C)C)cc(-c3c(F)cc4c(N5CCCC(C)(O)C5)nc(F)nc4c3F)c12)(C(C)C)C(C)C. The third-order valence-electron chi connectivity index (χ3n) is 12.4. The maximum Gasteiger partial charge on any atom is 0.311 e. The van der Waals surface area contributed by atoms with Crippen molar-refractivity contribution in [2.75, 3.05) is 18.0 Å². The Labute approximate surface area is 327 Å². The van der Waals surface area contributed by atoms with Crippen molar-refractivity contribution >= 4 is 43.9 Å². The lowest BCUT2D eigenvalue weighted by Gasteiger charge is -2.42. The van der Waals surface area contributed by atoms with Crippen molar-refractivity contribution in [2.24, 2.45) is 0 Å². The van der Waals surface area contributed by atoms with Crippen molar-refractivity contribution < 1.29 is 27.1 Å². The van der Waals surface area contributed by atoms with E-state index < -0.39 is 56.6 Å². The molecule has 0 aliphatic carbocycles. The number of hydrogen-bond acceptors (Lipinski definition) is 5. The van der Waals surface area contributed by atoms with Crippen LogP contribution in [-0.4, -0.2) is 50.2 Å². The van der Waals surface area contributed by atoms with Crippen LogP contribution in [0.1, 0.15) is 108 Å². The average molecular weight is 794 g/mol. The molecule has 0 amide bonds. The molecule has 1 aliphatic rings. The highest BCUT2D eigenvalue weighted by Crippen LogP contribution is 2.47. The maximum atomic E-state index is 17.3. The summed E-state index contributed by atoms with van der Waals surface area (Å²) in [5.74, 6) is 1.05. The van der Waals surface area contributed by atoms with Gasteiger partial charge in [0.15, 0.2) is 5.82 Å². The molecule has 1 aliphatic heterocycles. The first-order valence-corrected chi connectivity index (χ1v) is 24.3. The van der Waals surface area contributed by atoms with E-state index in [0.29, 0.717) is 30.5 Å². The van der Waals surface area contributed by atoms with E-state index in [1.165, 1.54) is 6.07 Å². The number of benzene rings is 3. The van der Waals surface area contributed by atoms with E-state index in [2.05, 4.69) is 105 Å². The molecular weight excluding hydrogens is 735 g/mol. The van der Waals surface area contributed by atoms with Crippen LogP contribution < -0.4 is 9.33 Å². The monoisotopic (exact) mass is 793 g/mol. The second kappa shape index (κ2) is 15.8. The minimum absolute atomic E-state index is 0.00491. The largest absolute Gasteiger partial charge is 0.543 e. The van der Waals surface area contributed by atoms with Gasteiger partial charge < -0.3 is 14.4 Å². The van der Waals surface area contributed by atoms with Crippen LogP contribution in [0.2, 0.25) is 33.2 Å². The van der Waals surface area contributed by atoms with Crippen molar-refractivity contribution in [1.29, 1.82) is 0 Å². The van der Waals surface area contributed by atoms with E-state index in [-0.39, 0.29) is 67.5 Å². The first kappa shape index (κ1) is 42.7. The number of fused-ring (bicyclic) bond motifs is 2. The normalized spacial score (nSPS) is 17.1. The second-order valence-corrected chi connectivity index (χ2v) is 28.8. The second-order valence-electron chi connectivity index (χ2n) is 17.8. The van der Waals surface area contributed by atoms with Crippen LogP contribution in [0.5, 0.6) is 5.75 Å². The van der Waals surface area contributed by atoms with Crippen LogP contribution in [0.15, 0.2) is 30.3 Å². The number of aliphatic hydroxyl groups is 1. The van der Waals surface area contributed by atoms with Gasteiger partial charge in [0.25, 0.3) is 8.32 Å². The Kier molecular flexibility index (Phi) is 12.3. The third kappa shape index (κ3) is 7.68. The Morgan fingerprint density at radius 1 is 0.800 bits per heavy atom. The summed E-state index contributed by atoms with van der Waals surface area (Å²) >= 11 is 0. The van der Waals surface area contributed by atoms with Crippen molar-refractivity contribution in [2.45, 2.75) is 142 Å². The molecule has 0 saturated carbocycles. The summed E-state index contributed by atoms with van der Waals surface area (Å²) in [5.41, 5.74) is 3.15. The fourth-order valence-electron chi connectivity index (χ4n) is 10.00. The Hall–Kier alpha value is -3.47. The van der Waals surface area contributed by atoms with Gasteiger partial charge in [-0.2, -0.15) is 14.4 Å². The predicted molar refractivity (Wildman–Crippen MR) is 224 cm³/mol. The predicted octanol–water partition coefficient (Wildman–Crippen LogP) is 12.5. The standard InChI is InChI=1S/C44H59F4N3O2Si2/c1-25(2)54(26(3)4,27(5)6)20-17-33-36(45)16-15-31-21-32(53-55(28(7)8,29(9)10)30(11)12)22-34(38(31)33)39-37(46)23-35-41(40(39)47)49-43(48)50-42(35)51-19-14-18-44(13,52)24-51/h15-16,21-23,25-30,52H,14,18-19,24H2,1-13H3. The number of nitrogens with zero attached hydrogens (tertiary/aromatic N) is 3. The smallest absolute Gasteiger partial charge is 0.311 e.